The highest BCUT2D eigenvalue weighted by molar-refractivity contribution is 5.87. The van der Waals surface area contributed by atoms with E-state index < -0.39 is 17.5 Å². The molecule has 0 atom stereocenters. The molecule has 0 unspecified atom stereocenters. The van der Waals surface area contributed by atoms with Crippen LogP contribution in [0.15, 0.2) is 42.2 Å². The van der Waals surface area contributed by atoms with Crippen molar-refractivity contribution < 1.29 is 18.7 Å². The number of nitroso groups, excluding NO2 is 1. The molecule has 1 aromatic carbocycles. The lowest BCUT2D eigenvalue weighted by Crippen LogP contribution is -2.27. The van der Waals surface area contributed by atoms with E-state index in [0.29, 0.717) is 5.56 Å². The first kappa shape index (κ1) is 19.0. The van der Waals surface area contributed by atoms with Crippen LogP contribution in [-0.4, -0.2) is 16.7 Å². The largest absolute Gasteiger partial charge is 0.453 e. The van der Waals surface area contributed by atoms with Crippen molar-refractivity contribution >= 4 is 23.7 Å². The molecule has 8 heteroatoms. The summed E-state index contributed by atoms with van der Waals surface area (Å²) in [7, 11) is 0. The van der Waals surface area contributed by atoms with Gasteiger partial charge >= 0.3 is 6.09 Å². The third-order valence-corrected chi connectivity index (χ3v) is 3.01. The second kappa shape index (κ2) is 7.73. The zero-order chi connectivity index (χ0) is 19.3. The van der Waals surface area contributed by atoms with Crippen molar-refractivity contribution in [2.75, 3.05) is 5.32 Å². The Hall–Kier alpha value is -3.29. The number of benzene rings is 1. The molecular formula is C18H18FN3O4. The minimum Gasteiger partial charge on any atom is -0.453 e. The van der Waals surface area contributed by atoms with Gasteiger partial charge in [-0.1, -0.05) is 12.7 Å². The van der Waals surface area contributed by atoms with Crippen LogP contribution in [0.1, 0.15) is 26.3 Å². The number of hydrogen-bond acceptors (Lipinski definition) is 6. The number of ether oxygens (including phenoxy) is 2. The lowest BCUT2D eigenvalue weighted by Gasteiger charge is -2.20. The van der Waals surface area contributed by atoms with Crippen molar-refractivity contribution in [3.63, 3.8) is 0 Å². The Kier molecular flexibility index (Phi) is 5.66. The summed E-state index contributed by atoms with van der Waals surface area (Å²) in [5, 5.41) is 5.16. The summed E-state index contributed by atoms with van der Waals surface area (Å²) in [5.41, 5.74) is -0.388. The van der Waals surface area contributed by atoms with Crippen molar-refractivity contribution in [3.05, 3.63) is 53.3 Å². The molecule has 0 aliphatic rings. The molecule has 0 aliphatic carbocycles. The number of aromatic nitrogens is 1. The molecule has 136 valence electrons. The number of amides is 1. The van der Waals surface area contributed by atoms with Crippen LogP contribution in [0.3, 0.4) is 0 Å². The fourth-order valence-corrected chi connectivity index (χ4v) is 1.99. The summed E-state index contributed by atoms with van der Waals surface area (Å²) < 4.78 is 24.7. The number of rotatable bonds is 5. The summed E-state index contributed by atoms with van der Waals surface area (Å²) in [4.78, 5) is 26.4. The fourth-order valence-electron chi connectivity index (χ4n) is 1.99. The number of carbonyl (C=O) groups is 1. The van der Waals surface area contributed by atoms with E-state index in [9.17, 15) is 14.1 Å². The van der Waals surface area contributed by atoms with Crippen molar-refractivity contribution in [1.82, 2.24) is 4.98 Å². The summed E-state index contributed by atoms with van der Waals surface area (Å²) >= 11 is 0. The van der Waals surface area contributed by atoms with Gasteiger partial charge in [0.1, 0.15) is 22.9 Å². The van der Waals surface area contributed by atoms with Crippen molar-refractivity contribution in [2.45, 2.75) is 26.4 Å². The Morgan fingerprint density at radius 3 is 2.62 bits per heavy atom. The van der Waals surface area contributed by atoms with Gasteiger partial charge in [-0.15, -0.1) is 4.91 Å². The molecule has 0 bridgehead atoms. The standard InChI is InChI=1S/C18H18FN3O4/c1-5-12-14(25-15-7-6-11(22-24)10-13(15)19)8-9-20-16(12)21-17(23)26-18(2,3)4/h5-10H,1H2,2-4H3,(H,20,21,23). The van der Waals surface area contributed by atoms with E-state index in [2.05, 4.69) is 22.1 Å². The smallest absolute Gasteiger partial charge is 0.413 e. The van der Waals surface area contributed by atoms with Gasteiger partial charge in [0.05, 0.1) is 5.56 Å². The topological polar surface area (TPSA) is 89.9 Å². The lowest BCUT2D eigenvalue weighted by molar-refractivity contribution is 0.0635. The summed E-state index contributed by atoms with van der Waals surface area (Å²) in [6.07, 6.45) is 2.10. The third kappa shape index (κ3) is 4.85. The van der Waals surface area contributed by atoms with Crippen LogP contribution in [0.25, 0.3) is 6.08 Å². The molecule has 0 saturated heterocycles. The van der Waals surface area contributed by atoms with Gasteiger partial charge in [0.2, 0.25) is 0 Å². The highest BCUT2D eigenvalue weighted by Gasteiger charge is 2.19. The second-order valence-electron chi connectivity index (χ2n) is 6.21. The van der Waals surface area contributed by atoms with Gasteiger partial charge < -0.3 is 9.47 Å². The molecule has 26 heavy (non-hydrogen) atoms. The van der Waals surface area contributed by atoms with Gasteiger partial charge in [-0.2, -0.15) is 0 Å². The quantitative estimate of drug-likeness (QED) is 0.722. The zero-order valence-corrected chi connectivity index (χ0v) is 14.6. The van der Waals surface area contributed by atoms with Gasteiger partial charge in [-0.05, 0) is 44.1 Å². The minimum absolute atomic E-state index is 0.0548. The molecule has 0 aliphatic heterocycles. The molecule has 0 spiro atoms. The summed E-state index contributed by atoms with van der Waals surface area (Å²) in [6.45, 7) is 8.86. The Morgan fingerprint density at radius 2 is 2.04 bits per heavy atom. The van der Waals surface area contributed by atoms with Crippen LogP contribution in [0.2, 0.25) is 0 Å². The fraction of sp³-hybridized carbons (Fsp3) is 0.222. The normalized spacial score (nSPS) is 10.8. The third-order valence-electron chi connectivity index (χ3n) is 3.01. The number of nitrogens with one attached hydrogen (secondary N) is 1. The molecule has 1 aromatic heterocycles. The molecule has 7 nitrogen and oxygen atoms in total. The predicted molar refractivity (Wildman–Crippen MR) is 96.1 cm³/mol. The molecule has 1 amide bonds. The van der Waals surface area contributed by atoms with Crippen molar-refractivity contribution in [2.24, 2.45) is 5.18 Å². The van der Waals surface area contributed by atoms with Crippen LogP contribution in [0.5, 0.6) is 11.5 Å². The number of halogens is 1. The van der Waals surface area contributed by atoms with E-state index in [-0.39, 0.29) is 23.0 Å². The molecule has 0 radical (unpaired) electrons. The Bertz CT molecular complexity index is 847. The maximum Gasteiger partial charge on any atom is 0.413 e. The summed E-state index contributed by atoms with van der Waals surface area (Å²) in [6, 6.07) is 5.04. The average Bonchev–Trinajstić information content (AvgIpc) is 2.55. The lowest BCUT2D eigenvalue weighted by atomic mass is 10.2. The van der Waals surface area contributed by atoms with Gasteiger partial charge in [-0.3, -0.25) is 5.32 Å². The maximum atomic E-state index is 14.0. The van der Waals surface area contributed by atoms with Crippen LogP contribution in [0, 0.1) is 10.7 Å². The zero-order valence-electron chi connectivity index (χ0n) is 14.6. The monoisotopic (exact) mass is 359 g/mol. The van der Waals surface area contributed by atoms with Crippen LogP contribution in [-0.2, 0) is 4.74 Å². The van der Waals surface area contributed by atoms with E-state index in [1.807, 2.05) is 0 Å². The molecular weight excluding hydrogens is 341 g/mol. The number of pyridine rings is 1. The molecule has 2 aromatic rings. The van der Waals surface area contributed by atoms with E-state index in [1.165, 1.54) is 30.5 Å². The molecule has 0 fully saturated rings. The first-order valence-corrected chi connectivity index (χ1v) is 7.65. The highest BCUT2D eigenvalue weighted by Crippen LogP contribution is 2.32. The molecule has 0 saturated carbocycles. The van der Waals surface area contributed by atoms with E-state index in [1.54, 1.807) is 20.8 Å². The number of anilines is 1. The van der Waals surface area contributed by atoms with Gasteiger partial charge in [0.15, 0.2) is 11.6 Å². The first-order chi connectivity index (χ1) is 12.2. The van der Waals surface area contributed by atoms with Gasteiger partial charge in [0.25, 0.3) is 0 Å². The van der Waals surface area contributed by atoms with E-state index in [0.717, 1.165) is 6.07 Å². The minimum atomic E-state index is -0.754. The first-order valence-electron chi connectivity index (χ1n) is 7.65. The molecule has 1 heterocycles. The second-order valence-corrected chi connectivity index (χ2v) is 6.21. The van der Waals surface area contributed by atoms with E-state index in [4.69, 9.17) is 9.47 Å². The van der Waals surface area contributed by atoms with Crippen LogP contribution in [0.4, 0.5) is 20.7 Å². The van der Waals surface area contributed by atoms with Gasteiger partial charge in [-0.25, -0.2) is 14.2 Å². The van der Waals surface area contributed by atoms with Crippen molar-refractivity contribution in [3.8, 4) is 11.5 Å². The molecule has 1 N–H and O–H groups in total. The van der Waals surface area contributed by atoms with E-state index >= 15 is 0 Å². The molecule has 2 rings (SSSR count). The predicted octanol–water partition coefficient (Wildman–Crippen LogP) is 5.40. The highest BCUT2D eigenvalue weighted by atomic mass is 19.1. The van der Waals surface area contributed by atoms with Crippen LogP contribution >= 0.6 is 0 Å². The number of carbonyl (C=O) groups excluding carboxylic acids is 1. The number of nitrogens with zero attached hydrogens (tertiary/aromatic N) is 2. The Balaban J connectivity index is 2.29. The van der Waals surface area contributed by atoms with Crippen LogP contribution < -0.4 is 10.1 Å². The Labute approximate surface area is 149 Å². The number of hydrogen-bond donors (Lipinski definition) is 1. The Morgan fingerprint density at radius 1 is 1.31 bits per heavy atom. The van der Waals surface area contributed by atoms with Crippen molar-refractivity contribution in [1.29, 1.82) is 0 Å². The van der Waals surface area contributed by atoms with Gasteiger partial charge in [0, 0.05) is 12.3 Å². The average molecular weight is 359 g/mol. The maximum absolute atomic E-state index is 14.0. The SMILES string of the molecule is C=Cc1c(Oc2ccc(N=O)cc2F)ccnc1NC(=O)OC(C)(C)C. The summed E-state index contributed by atoms with van der Waals surface area (Å²) in [5.74, 6) is -0.504.